The summed E-state index contributed by atoms with van der Waals surface area (Å²) >= 11 is 0. The van der Waals surface area contributed by atoms with Crippen LogP contribution in [0.1, 0.15) is 38.2 Å². The molecule has 0 radical (unpaired) electrons. The van der Waals surface area contributed by atoms with Gasteiger partial charge in [-0.1, -0.05) is 19.1 Å². The van der Waals surface area contributed by atoms with Crippen molar-refractivity contribution in [2.75, 3.05) is 5.73 Å². The van der Waals surface area contributed by atoms with E-state index in [4.69, 9.17) is 10.5 Å². The highest BCUT2D eigenvalue weighted by molar-refractivity contribution is 5.87. The lowest BCUT2D eigenvalue weighted by atomic mass is 9.89. The molecule has 1 saturated carbocycles. The van der Waals surface area contributed by atoms with E-state index in [-0.39, 0.29) is 12.1 Å². The van der Waals surface area contributed by atoms with Gasteiger partial charge in [0, 0.05) is 11.8 Å². The zero-order valence-corrected chi connectivity index (χ0v) is 11.3. The van der Waals surface area contributed by atoms with Crippen LogP contribution in [0.5, 0.6) is 0 Å². The molecule has 0 unspecified atom stereocenters. The molecule has 1 aromatic rings. The summed E-state index contributed by atoms with van der Waals surface area (Å²) < 4.78 is 5.43. The molecule has 102 valence electrons. The standard InChI is InChI=1S/C16H21NO2/c1-12-2-9-15(10-3-12)19-16(18)11-6-13-4-7-14(17)8-5-13/h4-8,11-12,15H,2-3,9-10,17H2,1H3/b11-6+. The molecule has 19 heavy (non-hydrogen) atoms. The lowest BCUT2D eigenvalue weighted by Gasteiger charge is -2.25. The summed E-state index contributed by atoms with van der Waals surface area (Å²) in [5.74, 6) is 0.511. The molecular weight excluding hydrogens is 238 g/mol. The quantitative estimate of drug-likeness (QED) is 0.514. The van der Waals surface area contributed by atoms with E-state index in [0.29, 0.717) is 0 Å². The molecule has 1 fully saturated rings. The van der Waals surface area contributed by atoms with Gasteiger partial charge in [-0.3, -0.25) is 0 Å². The van der Waals surface area contributed by atoms with E-state index >= 15 is 0 Å². The molecule has 2 N–H and O–H groups in total. The van der Waals surface area contributed by atoms with E-state index < -0.39 is 0 Å². The fourth-order valence-corrected chi connectivity index (χ4v) is 2.32. The molecule has 0 saturated heterocycles. The molecule has 0 bridgehead atoms. The highest BCUT2D eigenvalue weighted by Gasteiger charge is 2.20. The number of nitrogens with two attached hydrogens (primary N) is 1. The summed E-state index contributed by atoms with van der Waals surface area (Å²) in [5, 5.41) is 0. The van der Waals surface area contributed by atoms with Gasteiger partial charge in [0.25, 0.3) is 0 Å². The Labute approximate surface area is 114 Å². The van der Waals surface area contributed by atoms with Crippen molar-refractivity contribution in [3.63, 3.8) is 0 Å². The van der Waals surface area contributed by atoms with Gasteiger partial charge in [-0.25, -0.2) is 4.79 Å². The number of rotatable bonds is 3. The fourth-order valence-electron chi connectivity index (χ4n) is 2.32. The van der Waals surface area contributed by atoms with Crippen molar-refractivity contribution in [3.8, 4) is 0 Å². The van der Waals surface area contributed by atoms with E-state index in [9.17, 15) is 4.79 Å². The average Bonchev–Trinajstić information content (AvgIpc) is 2.41. The molecule has 0 amide bonds. The Morgan fingerprint density at radius 2 is 1.84 bits per heavy atom. The molecule has 3 nitrogen and oxygen atoms in total. The van der Waals surface area contributed by atoms with Crippen LogP contribution in [0.2, 0.25) is 0 Å². The Balaban J connectivity index is 1.82. The first-order valence-electron chi connectivity index (χ1n) is 6.88. The van der Waals surface area contributed by atoms with Gasteiger partial charge in [-0.05, 0) is 55.4 Å². The van der Waals surface area contributed by atoms with Crippen LogP contribution in [0, 0.1) is 5.92 Å². The number of hydrogen-bond acceptors (Lipinski definition) is 3. The van der Waals surface area contributed by atoms with Gasteiger partial charge in [0.2, 0.25) is 0 Å². The zero-order valence-electron chi connectivity index (χ0n) is 11.3. The maximum atomic E-state index is 11.7. The predicted octanol–water partition coefficient (Wildman–Crippen LogP) is 3.40. The SMILES string of the molecule is CC1CCC(OC(=O)/C=C/c2ccc(N)cc2)CC1. The monoisotopic (exact) mass is 259 g/mol. The third-order valence-electron chi connectivity index (χ3n) is 3.59. The summed E-state index contributed by atoms with van der Waals surface area (Å²) in [6.07, 6.45) is 7.63. The minimum Gasteiger partial charge on any atom is -0.459 e. The minimum atomic E-state index is -0.253. The maximum absolute atomic E-state index is 11.7. The molecule has 2 rings (SSSR count). The van der Waals surface area contributed by atoms with Gasteiger partial charge in [0.15, 0.2) is 0 Å². The molecule has 0 atom stereocenters. The van der Waals surface area contributed by atoms with Crippen LogP contribution >= 0.6 is 0 Å². The molecule has 1 aliphatic carbocycles. The summed E-state index contributed by atoms with van der Waals surface area (Å²) in [6, 6.07) is 7.38. The van der Waals surface area contributed by atoms with Gasteiger partial charge in [-0.15, -0.1) is 0 Å². The molecule has 3 heteroatoms. The number of ether oxygens (including phenoxy) is 1. The molecule has 1 aliphatic rings. The highest BCUT2D eigenvalue weighted by Crippen LogP contribution is 2.25. The number of carbonyl (C=O) groups is 1. The second-order valence-electron chi connectivity index (χ2n) is 5.32. The van der Waals surface area contributed by atoms with Crippen LogP contribution in [0.3, 0.4) is 0 Å². The van der Waals surface area contributed by atoms with Gasteiger partial charge in [0.1, 0.15) is 6.10 Å². The fraction of sp³-hybridized carbons (Fsp3) is 0.438. The van der Waals surface area contributed by atoms with Crippen LogP contribution in [0.15, 0.2) is 30.3 Å². The minimum absolute atomic E-state index is 0.0970. The van der Waals surface area contributed by atoms with Gasteiger partial charge < -0.3 is 10.5 Å². The average molecular weight is 259 g/mol. The normalized spacial score (nSPS) is 23.4. The lowest BCUT2D eigenvalue weighted by molar-refractivity contribution is -0.144. The number of carbonyl (C=O) groups excluding carboxylic acids is 1. The van der Waals surface area contributed by atoms with Crippen LogP contribution in [-0.4, -0.2) is 12.1 Å². The Kier molecular flexibility index (Phi) is 4.61. The molecule has 0 spiro atoms. The number of anilines is 1. The molecule has 0 aliphatic heterocycles. The van der Waals surface area contributed by atoms with E-state index in [1.165, 1.54) is 6.08 Å². The topological polar surface area (TPSA) is 52.3 Å². The van der Waals surface area contributed by atoms with Crippen molar-refractivity contribution in [3.05, 3.63) is 35.9 Å². The first-order chi connectivity index (χ1) is 9.13. The zero-order chi connectivity index (χ0) is 13.7. The Bertz CT molecular complexity index is 442. The lowest BCUT2D eigenvalue weighted by Crippen LogP contribution is -2.22. The Morgan fingerprint density at radius 3 is 2.47 bits per heavy atom. The van der Waals surface area contributed by atoms with Crippen molar-refractivity contribution in [1.82, 2.24) is 0 Å². The van der Waals surface area contributed by atoms with E-state index in [1.807, 2.05) is 24.3 Å². The number of hydrogen-bond donors (Lipinski definition) is 1. The Morgan fingerprint density at radius 1 is 1.21 bits per heavy atom. The molecule has 0 aromatic heterocycles. The summed E-state index contributed by atoms with van der Waals surface area (Å²) in [7, 11) is 0. The third-order valence-corrected chi connectivity index (χ3v) is 3.59. The Hall–Kier alpha value is -1.77. The van der Waals surface area contributed by atoms with Crippen molar-refractivity contribution in [1.29, 1.82) is 0 Å². The number of esters is 1. The van der Waals surface area contributed by atoms with Crippen LogP contribution in [-0.2, 0) is 9.53 Å². The molecular formula is C16H21NO2. The van der Waals surface area contributed by atoms with Gasteiger partial charge in [-0.2, -0.15) is 0 Å². The largest absolute Gasteiger partial charge is 0.459 e. The van der Waals surface area contributed by atoms with Crippen LogP contribution in [0.4, 0.5) is 5.69 Å². The number of benzene rings is 1. The third kappa shape index (κ3) is 4.43. The van der Waals surface area contributed by atoms with E-state index in [2.05, 4.69) is 6.92 Å². The highest BCUT2D eigenvalue weighted by atomic mass is 16.5. The number of nitrogen functional groups attached to an aromatic ring is 1. The smallest absolute Gasteiger partial charge is 0.331 e. The van der Waals surface area contributed by atoms with Crippen molar-refractivity contribution in [2.45, 2.75) is 38.7 Å². The molecule has 1 aromatic carbocycles. The van der Waals surface area contributed by atoms with Crippen molar-refractivity contribution in [2.24, 2.45) is 5.92 Å². The predicted molar refractivity (Wildman–Crippen MR) is 77.4 cm³/mol. The van der Waals surface area contributed by atoms with E-state index in [0.717, 1.165) is 42.9 Å². The molecule has 0 heterocycles. The summed E-state index contributed by atoms with van der Waals surface area (Å²) in [6.45, 7) is 2.25. The first kappa shape index (κ1) is 13.7. The summed E-state index contributed by atoms with van der Waals surface area (Å²) in [5.41, 5.74) is 7.27. The van der Waals surface area contributed by atoms with Gasteiger partial charge in [0.05, 0.1) is 0 Å². The first-order valence-corrected chi connectivity index (χ1v) is 6.88. The van der Waals surface area contributed by atoms with Crippen LogP contribution < -0.4 is 5.73 Å². The van der Waals surface area contributed by atoms with Crippen LogP contribution in [0.25, 0.3) is 6.08 Å². The summed E-state index contributed by atoms with van der Waals surface area (Å²) in [4.78, 5) is 11.7. The second-order valence-corrected chi connectivity index (χ2v) is 5.32. The maximum Gasteiger partial charge on any atom is 0.331 e. The van der Waals surface area contributed by atoms with Crippen molar-refractivity contribution < 1.29 is 9.53 Å². The second kappa shape index (κ2) is 6.41. The van der Waals surface area contributed by atoms with E-state index in [1.54, 1.807) is 6.08 Å². The van der Waals surface area contributed by atoms with Crippen molar-refractivity contribution >= 4 is 17.7 Å². The van der Waals surface area contributed by atoms with Gasteiger partial charge >= 0.3 is 5.97 Å².